The molecule has 1 unspecified atom stereocenters. The van der Waals surface area contributed by atoms with E-state index in [1.165, 1.54) is 6.07 Å². The number of nitrogens with two attached hydrogens (primary N) is 1. The average Bonchev–Trinajstić information content (AvgIpc) is 2.31. The van der Waals surface area contributed by atoms with Crippen molar-refractivity contribution in [2.75, 3.05) is 0 Å². The van der Waals surface area contributed by atoms with Crippen LogP contribution in [-0.4, -0.2) is 18.7 Å². The van der Waals surface area contributed by atoms with E-state index >= 15 is 0 Å². The van der Waals surface area contributed by atoms with Gasteiger partial charge in [-0.3, -0.25) is 0 Å². The fourth-order valence-electron chi connectivity index (χ4n) is 1.51. The molecule has 0 radical (unpaired) electrons. The summed E-state index contributed by atoms with van der Waals surface area (Å²) >= 11 is 4.68. The van der Waals surface area contributed by atoms with Gasteiger partial charge in [0.2, 0.25) is 10.0 Å². The van der Waals surface area contributed by atoms with Gasteiger partial charge in [0.25, 0.3) is 0 Å². The summed E-state index contributed by atoms with van der Waals surface area (Å²) in [5.41, 5.74) is 5.65. The van der Waals surface area contributed by atoms with E-state index in [2.05, 4.69) is 16.9 Å². The number of nitrogens with one attached hydrogen (secondary N) is 1. The van der Waals surface area contributed by atoms with Crippen LogP contribution in [0.15, 0.2) is 18.2 Å². The van der Waals surface area contributed by atoms with Crippen LogP contribution in [0.25, 0.3) is 0 Å². The SMILES string of the molecule is CCC(C(N)=S)S(=O)(=O)NCc1ccc(F)c(F)c1. The third kappa shape index (κ3) is 4.19. The van der Waals surface area contributed by atoms with Crippen molar-refractivity contribution < 1.29 is 17.2 Å². The second kappa shape index (κ2) is 6.36. The van der Waals surface area contributed by atoms with E-state index in [0.717, 1.165) is 12.1 Å². The van der Waals surface area contributed by atoms with Gasteiger partial charge in [-0.15, -0.1) is 0 Å². The van der Waals surface area contributed by atoms with Crippen LogP contribution in [0.3, 0.4) is 0 Å². The van der Waals surface area contributed by atoms with Crippen LogP contribution in [0.4, 0.5) is 8.78 Å². The van der Waals surface area contributed by atoms with Crippen LogP contribution < -0.4 is 10.5 Å². The van der Waals surface area contributed by atoms with Crippen molar-refractivity contribution in [2.24, 2.45) is 5.73 Å². The molecule has 0 aromatic heterocycles. The van der Waals surface area contributed by atoms with E-state index in [9.17, 15) is 17.2 Å². The molecule has 0 saturated heterocycles. The Bertz CT molecular complexity index is 576. The molecule has 1 aromatic carbocycles. The molecule has 1 rings (SSSR count). The maximum absolute atomic E-state index is 13.0. The van der Waals surface area contributed by atoms with Gasteiger partial charge in [-0.25, -0.2) is 21.9 Å². The Balaban J connectivity index is 2.80. The van der Waals surface area contributed by atoms with Crippen molar-refractivity contribution in [3.8, 4) is 0 Å². The first-order chi connectivity index (χ1) is 8.77. The molecule has 3 N–H and O–H groups in total. The largest absolute Gasteiger partial charge is 0.392 e. The molecule has 106 valence electrons. The Labute approximate surface area is 116 Å². The van der Waals surface area contributed by atoms with Crippen LogP contribution in [-0.2, 0) is 16.6 Å². The molecule has 0 fully saturated rings. The quantitative estimate of drug-likeness (QED) is 0.780. The molecular formula is C11H14F2N2O2S2. The van der Waals surface area contributed by atoms with Crippen molar-refractivity contribution >= 4 is 27.2 Å². The molecule has 0 amide bonds. The number of rotatable bonds is 6. The molecule has 0 heterocycles. The molecule has 19 heavy (non-hydrogen) atoms. The molecule has 0 saturated carbocycles. The van der Waals surface area contributed by atoms with Gasteiger partial charge in [0.1, 0.15) is 5.25 Å². The number of hydrogen-bond acceptors (Lipinski definition) is 3. The highest BCUT2D eigenvalue weighted by molar-refractivity contribution is 7.93. The van der Waals surface area contributed by atoms with Crippen molar-refractivity contribution in [2.45, 2.75) is 25.1 Å². The fraction of sp³-hybridized carbons (Fsp3) is 0.364. The van der Waals surface area contributed by atoms with Crippen LogP contribution in [0.1, 0.15) is 18.9 Å². The highest BCUT2D eigenvalue weighted by atomic mass is 32.2. The van der Waals surface area contributed by atoms with E-state index < -0.39 is 26.9 Å². The average molecular weight is 308 g/mol. The molecule has 4 nitrogen and oxygen atoms in total. The first kappa shape index (κ1) is 15.9. The molecule has 0 spiro atoms. The van der Waals surface area contributed by atoms with Gasteiger partial charge < -0.3 is 5.73 Å². The van der Waals surface area contributed by atoms with Crippen LogP contribution in [0.2, 0.25) is 0 Å². The summed E-state index contributed by atoms with van der Waals surface area (Å²) < 4.78 is 51.7. The Kier molecular flexibility index (Phi) is 5.33. The molecule has 0 aliphatic heterocycles. The summed E-state index contributed by atoms with van der Waals surface area (Å²) in [5, 5.41) is -0.979. The predicted molar refractivity (Wildman–Crippen MR) is 73.0 cm³/mol. The van der Waals surface area contributed by atoms with Crippen LogP contribution in [0.5, 0.6) is 0 Å². The molecule has 1 atom stereocenters. The minimum absolute atomic E-state index is 0.125. The summed E-state index contributed by atoms with van der Waals surface area (Å²) in [6.45, 7) is 1.49. The Morgan fingerprint density at radius 1 is 1.42 bits per heavy atom. The third-order valence-electron chi connectivity index (χ3n) is 2.52. The maximum Gasteiger partial charge on any atom is 0.221 e. The maximum atomic E-state index is 13.0. The van der Waals surface area contributed by atoms with Gasteiger partial charge in [-0.05, 0) is 24.1 Å². The summed E-state index contributed by atoms with van der Waals surface area (Å²) in [4.78, 5) is -0.125. The molecule has 1 aromatic rings. The van der Waals surface area contributed by atoms with Crippen LogP contribution >= 0.6 is 12.2 Å². The summed E-state index contributed by atoms with van der Waals surface area (Å²) in [7, 11) is -3.73. The van der Waals surface area contributed by atoms with Gasteiger partial charge in [0.05, 0.1) is 4.99 Å². The lowest BCUT2D eigenvalue weighted by Crippen LogP contribution is -2.41. The lowest BCUT2D eigenvalue weighted by Gasteiger charge is -2.15. The Morgan fingerprint density at radius 2 is 2.05 bits per heavy atom. The molecule has 8 heteroatoms. The first-order valence-electron chi connectivity index (χ1n) is 5.49. The second-order valence-corrected chi connectivity index (χ2v) is 6.33. The lowest BCUT2D eigenvalue weighted by molar-refractivity contribution is 0.506. The molecular weight excluding hydrogens is 294 g/mol. The van der Waals surface area contributed by atoms with E-state index in [1.807, 2.05) is 0 Å². The molecule has 0 aliphatic carbocycles. The monoisotopic (exact) mass is 308 g/mol. The minimum Gasteiger partial charge on any atom is -0.392 e. The van der Waals surface area contributed by atoms with Crippen molar-refractivity contribution in [3.63, 3.8) is 0 Å². The topological polar surface area (TPSA) is 72.2 Å². The van der Waals surface area contributed by atoms with Crippen LogP contribution in [0, 0.1) is 11.6 Å². The van der Waals surface area contributed by atoms with E-state index in [0.29, 0.717) is 5.56 Å². The second-order valence-electron chi connectivity index (χ2n) is 3.91. The zero-order valence-electron chi connectivity index (χ0n) is 10.2. The number of benzene rings is 1. The summed E-state index contributed by atoms with van der Waals surface area (Å²) in [6.07, 6.45) is 0.239. The van der Waals surface area contributed by atoms with Gasteiger partial charge >= 0.3 is 0 Å². The minimum atomic E-state index is -3.73. The number of halogens is 2. The van der Waals surface area contributed by atoms with Gasteiger partial charge in [0, 0.05) is 6.54 Å². The highest BCUT2D eigenvalue weighted by Crippen LogP contribution is 2.10. The summed E-state index contributed by atoms with van der Waals surface area (Å²) in [5.74, 6) is -2.01. The molecule has 0 aliphatic rings. The van der Waals surface area contributed by atoms with Gasteiger partial charge in [-0.1, -0.05) is 25.2 Å². The zero-order valence-corrected chi connectivity index (χ0v) is 11.8. The standard InChI is InChI=1S/C11H14F2N2O2S2/c1-2-10(11(14)18)19(16,17)15-6-7-3-4-8(12)9(13)5-7/h3-5,10,15H,2,6H2,1H3,(H2,14,18). The lowest BCUT2D eigenvalue weighted by atomic mass is 10.2. The van der Waals surface area contributed by atoms with Gasteiger partial charge in [-0.2, -0.15) is 0 Å². The third-order valence-corrected chi connectivity index (χ3v) is 4.84. The normalized spacial score (nSPS) is 13.2. The number of sulfonamides is 1. The zero-order chi connectivity index (χ0) is 14.6. The van der Waals surface area contributed by atoms with Gasteiger partial charge in [0.15, 0.2) is 11.6 Å². The number of hydrogen-bond donors (Lipinski definition) is 2. The van der Waals surface area contributed by atoms with E-state index in [-0.39, 0.29) is 18.0 Å². The summed E-state index contributed by atoms with van der Waals surface area (Å²) in [6, 6.07) is 3.16. The highest BCUT2D eigenvalue weighted by Gasteiger charge is 2.25. The Hall–Kier alpha value is -1.12. The van der Waals surface area contributed by atoms with Crippen molar-refractivity contribution in [3.05, 3.63) is 35.4 Å². The van der Waals surface area contributed by atoms with E-state index in [1.54, 1.807) is 6.92 Å². The van der Waals surface area contributed by atoms with E-state index in [4.69, 9.17) is 5.73 Å². The molecule has 0 bridgehead atoms. The van der Waals surface area contributed by atoms with Crippen molar-refractivity contribution in [1.82, 2.24) is 4.72 Å². The first-order valence-corrected chi connectivity index (χ1v) is 7.45. The van der Waals surface area contributed by atoms with Crippen molar-refractivity contribution in [1.29, 1.82) is 0 Å². The Morgan fingerprint density at radius 3 is 2.53 bits per heavy atom. The number of thiocarbonyl (C=S) groups is 1. The smallest absolute Gasteiger partial charge is 0.221 e. The fourth-order valence-corrected chi connectivity index (χ4v) is 3.37. The predicted octanol–water partition coefficient (Wildman–Crippen LogP) is 1.45.